The molecule has 0 atom stereocenters. The number of hydrogen-bond donors (Lipinski definition) is 1. The van der Waals surface area contributed by atoms with Crippen LogP contribution in [0.4, 0.5) is 0 Å². The maximum atomic E-state index is 5.38. The molecule has 1 N–H and O–H groups in total. The van der Waals surface area contributed by atoms with Gasteiger partial charge in [-0.25, -0.2) is 4.98 Å². The van der Waals surface area contributed by atoms with Crippen molar-refractivity contribution in [2.24, 2.45) is 0 Å². The number of rotatable bonds is 2. The molecule has 0 bridgehead atoms. The third-order valence-corrected chi connectivity index (χ3v) is 2.97. The topological polar surface area (TPSA) is 47.1 Å². The zero-order chi connectivity index (χ0) is 11.9. The Hall–Kier alpha value is -1.55. The van der Waals surface area contributed by atoms with Crippen LogP contribution in [0.2, 0.25) is 0 Å². The Morgan fingerprint density at radius 3 is 2.94 bits per heavy atom. The van der Waals surface area contributed by atoms with E-state index < -0.39 is 0 Å². The Labute approximate surface area is 101 Å². The molecular weight excluding hydrogens is 216 g/mol. The quantitative estimate of drug-likeness (QED) is 0.855. The fourth-order valence-corrected chi connectivity index (χ4v) is 1.95. The van der Waals surface area contributed by atoms with Crippen LogP contribution in [0.5, 0.6) is 5.75 Å². The van der Waals surface area contributed by atoms with Gasteiger partial charge in [0.25, 0.3) is 0 Å². The average molecular weight is 234 g/mol. The van der Waals surface area contributed by atoms with Crippen LogP contribution in [-0.4, -0.2) is 30.3 Å². The molecular formula is C13H18N2O2. The number of hydrogen-bond acceptors (Lipinski definition) is 3. The van der Waals surface area contributed by atoms with Crippen LogP contribution in [0.3, 0.4) is 0 Å². The van der Waals surface area contributed by atoms with E-state index in [1.165, 1.54) is 5.56 Å². The summed E-state index contributed by atoms with van der Waals surface area (Å²) in [6, 6.07) is 4.04. The predicted octanol–water partition coefficient (Wildman–Crippen LogP) is 2.44. The van der Waals surface area contributed by atoms with E-state index in [0.29, 0.717) is 5.92 Å². The van der Waals surface area contributed by atoms with Gasteiger partial charge in [0.15, 0.2) is 0 Å². The molecule has 0 unspecified atom stereocenters. The van der Waals surface area contributed by atoms with Crippen LogP contribution in [0.1, 0.15) is 24.3 Å². The van der Waals surface area contributed by atoms with Crippen molar-refractivity contribution in [3.05, 3.63) is 36.4 Å². The van der Waals surface area contributed by atoms with Crippen LogP contribution in [-0.2, 0) is 4.74 Å². The molecule has 1 aromatic rings. The number of aromatic nitrogens is 2. The molecule has 0 aliphatic carbocycles. The summed E-state index contributed by atoms with van der Waals surface area (Å²) in [7, 11) is 1.66. The summed E-state index contributed by atoms with van der Waals surface area (Å²) >= 11 is 0. The standard InChI is InChI=1S/C13H18N2O2/c1-16-13-3-2-12(8-14-10-15-9-13)11-4-6-17-7-5-11/h2-3,8-11H,4-7H2,1H3,(H,14,15). The van der Waals surface area contributed by atoms with Gasteiger partial charge < -0.3 is 14.5 Å². The second-order valence-electron chi connectivity index (χ2n) is 4.04. The third-order valence-electron chi connectivity index (χ3n) is 2.97. The lowest BCUT2D eigenvalue weighted by molar-refractivity contribution is 0.0853. The van der Waals surface area contributed by atoms with E-state index in [2.05, 4.69) is 16.0 Å². The Balaban J connectivity index is 2.29. The minimum absolute atomic E-state index is 0.536. The molecule has 2 heterocycles. The summed E-state index contributed by atoms with van der Waals surface area (Å²) in [5.74, 6) is 1.32. The third kappa shape index (κ3) is 3.46. The molecule has 0 aromatic carbocycles. The van der Waals surface area contributed by atoms with Crippen molar-refractivity contribution in [2.75, 3.05) is 20.3 Å². The Bertz CT molecular complexity index is 396. The van der Waals surface area contributed by atoms with Crippen LogP contribution < -0.4 is 4.74 Å². The SMILES string of the molecule is COc1ccc(C2CCOCC2)cnc[nH]c1. The second-order valence-corrected chi connectivity index (χ2v) is 4.04. The Kier molecular flexibility index (Phi) is 4.38. The highest BCUT2D eigenvalue weighted by atomic mass is 16.5. The minimum Gasteiger partial charge on any atom is -0.495 e. The molecule has 1 aliphatic heterocycles. The normalized spacial score (nSPS) is 16.3. The van der Waals surface area contributed by atoms with E-state index in [1.54, 1.807) is 19.6 Å². The smallest absolute Gasteiger partial charge is 0.134 e. The molecule has 92 valence electrons. The molecule has 1 aromatic heterocycles. The molecule has 1 aliphatic rings. The van der Waals surface area contributed by atoms with Crippen molar-refractivity contribution in [1.82, 2.24) is 9.97 Å². The van der Waals surface area contributed by atoms with Crippen molar-refractivity contribution in [3.8, 4) is 5.75 Å². The van der Waals surface area contributed by atoms with Crippen molar-refractivity contribution in [1.29, 1.82) is 0 Å². The summed E-state index contributed by atoms with van der Waals surface area (Å²) in [6.07, 6.45) is 7.47. The molecule has 4 nitrogen and oxygen atoms in total. The van der Waals surface area contributed by atoms with E-state index in [1.807, 2.05) is 12.3 Å². The summed E-state index contributed by atoms with van der Waals surface area (Å²) in [5.41, 5.74) is 1.23. The first-order chi connectivity index (χ1) is 8.40. The van der Waals surface area contributed by atoms with Gasteiger partial charge in [0.05, 0.1) is 13.4 Å². The predicted molar refractivity (Wildman–Crippen MR) is 65.6 cm³/mol. The van der Waals surface area contributed by atoms with Gasteiger partial charge in [-0.2, -0.15) is 0 Å². The van der Waals surface area contributed by atoms with Crippen molar-refractivity contribution < 1.29 is 9.47 Å². The first-order valence-electron chi connectivity index (χ1n) is 5.88. The lowest BCUT2D eigenvalue weighted by Crippen LogP contribution is -2.13. The summed E-state index contributed by atoms with van der Waals surface area (Å²) < 4.78 is 10.6. The largest absolute Gasteiger partial charge is 0.495 e. The van der Waals surface area contributed by atoms with Gasteiger partial charge in [-0.05, 0) is 30.4 Å². The lowest BCUT2D eigenvalue weighted by atomic mass is 9.93. The second kappa shape index (κ2) is 6.25. The Morgan fingerprint density at radius 1 is 1.35 bits per heavy atom. The van der Waals surface area contributed by atoms with Gasteiger partial charge in [0, 0.05) is 25.6 Å². The van der Waals surface area contributed by atoms with Crippen molar-refractivity contribution in [2.45, 2.75) is 18.8 Å². The van der Waals surface area contributed by atoms with Gasteiger partial charge in [-0.1, -0.05) is 6.07 Å². The van der Waals surface area contributed by atoms with E-state index in [4.69, 9.17) is 9.47 Å². The van der Waals surface area contributed by atoms with Gasteiger partial charge >= 0.3 is 0 Å². The summed E-state index contributed by atoms with van der Waals surface area (Å²) in [6.45, 7) is 1.68. The maximum absolute atomic E-state index is 5.38. The number of H-pyrrole nitrogens is 1. The van der Waals surface area contributed by atoms with Crippen LogP contribution in [0.25, 0.3) is 0 Å². The molecule has 0 spiro atoms. The van der Waals surface area contributed by atoms with Gasteiger partial charge in [0.2, 0.25) is 0 Å². The van der Waals surface area contributed by atoms with Crippen LogP contribution >= 0.6 is 0 Å². The molecule has 0 saturated carbocycles. The summed E-state index contributed by atoms with van der Waals surface area (Å²) in [5, 5.41) is 0. The molecule has 1 fully saturated rings. The first kappa shape index (κ1) is 11.9. The van der Waals surface area contributed by atoms with Crippen LogP contribution in [0, 0.1) is 0 Å². The molecule has 2 rings (SSSR count). The first-order valence-corrected chi connectivity index (χ1v) is 5.88. The number of nitrogens with zero attached hydrogens (tertiary/aromatic N) is 1. The van der Waals surface area contributed by atoms with E-state index >= 15 is 0 Å². The number of nitrogens with one attached hydrogen (secondary N) is 1. The Morgan fingerprint density at radius 2 is 2.18 bits per heavy atom. The fraction of sp³-hybridized carbons (Fsp3) is 0.462. The molecule has 0 radical (unpaired) electrons. The fourth-order valence-electron chi connectivity index (χ4n) is 1.95. The zero-order valence-electron chi connectivity index (χ0n) is 10.1. The molecule has 0 amide bonds. The average Bonchev–Trinajstić information content (AvgIpc) is 2.51. The number of methoxy groups -OCH3 is 1. The summed E-state index contributed by atoms with van der Waals surface area (Å²) in [4.78, 5) is 7.18. The maximum Gasteiger partial charge on any atom is 0.134 e. The van der Waals surface area contributed by atoms with Crippen molar-refractivity contribution >= 4 is 0 Å². The minimum atomic E-state index is 0.536. The monoisotopic (exact) mass is 234 g/mol. The van der Waals surface area contributed by atoms with Gasteiger partial charge in [-0.3, -0.25) is 0 Å². The highest BCUT2D eigenvalue weighted by molar-refractivity contribution is 5.20. The highest BCUT2D eigenvalue weighted by Crippen LogP contribution is 2.25. The van der Waals surface area contributed by atoms with E-state index in [-0.39, 0.29) is 0 Å². The zero-order valence-corrected chi connectivity index (χ0v) is 10.1. The number of aromatic amines is 1. The highest BCUT2D eigenvalue weighted by Gasteiger charge is 2.15. The van der Waals surface area contributed by atoms with Gasteiger partial charge in [0.1, 0.15) is 5.75 Å². The van der Waals surface area contributed by atoms with Crippen LogP contribution in [0.15, 0.2) is 30.9 Å². The van der Waals surface area contributed by atoms with E-state index in [9.17, 15) is 0 Å². The van der Waals surface area contributed by atoms with Crippen molar-refractivity contribution in [3.63, 3.8) is 0 Å². The van der Waals surface area contributed by atoms with E-state index in [0.717, 1.165) is 31.8 Å². The van der Waals surface area contributed by atoms with Gasteiger partial charge in [-0.15, -0.1) is 0 Å². The molecule has 17 heavy (non-hydrogen) atoms. The molecule has 1 saturated heterocycles. The number of ether oxygens (including phenoxy) is 2. The lowest BCUT2D eigenvalue weighted by Gasteiger charge is -2.21. The molecule has 4 heteroatoms.